The molecule has 0 spiro atoms. The van der Waals surface area contributed by atoms with Gasteiger partial charge in [0.2, 0.25) is 0 Å². The van der Waals surface area contributed by atoms with Crippen LogP contribution in [0.2, 0.25) is 0 Å². The molecule has 0 bridgehead atoms. The second-order valence-electron chi connectivity index (χ2n) is 4.27. The molecule has 0 aliphatic heterocycles. The van der Waals surface area contributed by atoms with Crippen molar-refractivity contribution in [2.75, 3.05) is 0 Å². The molecule has 3 rings (SSSR count). The number of hydrogen-bond donors (Lipinski definition) is 1. The van der Waals surface area contributed by atoms with Crippen LogP contribution in [0.25, 0.3) is 11.1 Å². The van der Waals surface area contributed by atoms with E-state index < -0.39 is 0 Å². The summed E-state index contributed by atoms with van der Waals surface area (Å²) < 4.78 is 5.21. The molecule has 2 N–H and O–H groups in total. The van der Waals surface area contributed by atoms with Gasteiger partial charge in [0.25, 0.3) is 0 Å². The number of carbonyl (C=O) groups excluding carboxylic acids is 1. The quantitative estimate of drug-likeness (QED) is 0.727. The van der Waals surface area contributed by atoms with Crippen LogP contribution in [0, 0.1) is 0 Å². The molecule has 2 aromatic carbocycles. The lowest BCUT2D eigenvalue weighted by atomic mass is 10.0. The molecule has 4 nitrogen and oxygen atoms in total. The SMILES string of the molecule is NCc1cccc(C(=O)c2ccc3ncoc3c2)c1. The Balaban J connectivity index is 2.02. The predicted molar refractivity (Wildman–Crippen MR) is 71.8 cm³/mol. The summed E-state index contributed by atoms with van der Waals surface area (Å²) in [4.78, 5) is 16.4. The van der Waals surface area contributed by atoms with Gasteiger partial charge in [0.15, 0.2) is 17.8 Å². The Bertz CT molecular complexity index is 746. The molecule has 0 saturated heterocycles. The Morgan fingerprint density at radius 1 is 1.16 bits per heavy atom. The van der Waals surface area contributed by atoms with Gasteiger partial charge in [-0.25, -0.2) is 4.98 Å². The van der Waals surface area contributed by atoms with Crippen LogP contribution in [0.4, 0.5) is 0 Å². The molecule has 3 aromatic rings. The molecule has 1 aromatic heterocycles. The zero-order valence-corrected chi connectivity index (χ0v) is 10.2. The Morgan fingerprint density at radius 3 is 2.84 bits per heavy atom. The van der Waals surface area contributed by atoms with Crippen molar-refractivity contribution in [3.63, 3.8) is 0 Å². The number of carbonyl (C=O) groups is 1. The van der Waals surface area contributed by atoms with E-state index in [1.54, 1.807) is 24.3 Å². The van der Waals surface area contributed by atoms with E-state index in [-0.39, 0.29) is 5.78 Å². The first-order valence-corrected chi connectivity index (χ1v) is 5.95. The summed E-state index contributed by atoms with van der Waals surface area (Å²) in [6, 6.07) is 12.6. The van der Waals surface area contributed by atoms with Crippen LogP contribution in [0.5, 0.6) is 0 Å². The zero-order chi connectivity index (χ0) is 13.2. The first-order valence-electron chi connectivity index (χ1n) is 5.95. The Kier molecular flexibility index (Phi) is 2.85. The lowest BCUT2D eigenvalue weighted by Gasteiger charge is -2.03. The number of oxazole rings is 1. The number of nitrogens with two attached hydrogens (primary N) is 1. The highest BCUT2D eigenvalue weighted by molar-refractivity contribution is 6.10. The van der Waals surface area contributed by atoms with Crippen molar-refractivity contribution in [3.05, 3.63) is 65.5 Å². The third-order valence-electron chi connectivity index (χ3n) is 3.02. The monoisotopic (exact) mass is 252 g/mol. The molecule has 94 valence electrons. The zero-order valence-electron chi connectivity index (χ0n) is 10.2. The fraction of sp³-hybridized carbons (Fsp3) is 0.0667. The summed E-state index contributed by atoms with van der Waals surface area (Å²) in [6.07, 6.45) is 1.37. The fourth-order valence-corrected chi connectivity index (χ4v) is 2.00. The minimum atomic E-state index is -0.0476. The van der Waals surface area contributed by atoms with Crippen LogP contribution in [-0.4, -0.2) is 10.8 Å². The number of hydrogen-bond acceptors (Lipinski definition) is 4. The van der Waals surface area contributed by atoms with Gasteiger partial charge in [-0.3, -0.25) is 4.79 Å². The van der Waals surface area contributed by atoms with Gasteiger partial charge in [0.1, 0.15) is 5.52 Å². The maximum Gasteiger partial charge on any atom is 0.193 e. The summed E-state index contributed by atoms with van der Waals surface area (Å²) in [5.41, 5.74) is 9.08. The highest BCUT2D eigenvalue weighted by Gasteiger charge is 2.11. The molecule has 0 radical (unpaired) electrons. The molecule has 1 heterocycles. The van der Waals surface area contributed by atoms with Crippen molar-refractivity contribution in [2.24, 2.45) is 5.73 Å². The fourth-order valence-electron chi connectivity index (χ4n) is 2.00. The van der Waals surface area contributed by atoms with E-state index in [0.717, 1.165) is 11.1 Å². The molecule has 0 saturated carbocycles. The van der Waals surface area contributed by atoms with Crippen molar-refractivity contribution in [1.29, 1.82) is 0 Å². The number of nitrogens with zero attached hydrogens (tertiary/aromatic N) is 1. The van der Waals surface area contributed by atoms with E-state index in [2.05, 4.69) is 4.98 Å². The summed E-state index contributed by atoms with van der Waals surface area (Å²) in [5.74, 6) is -0.0476. The third-order valence-corrected chi connectivity index (χ3v) is 3.02. The van der Waals surface area contributed by atoms with Crippen molar-refractivity contribution in [3.8, 4) is 0 Å². The lowest BCUT2D eigenvalue weighted by Crippen LogP contribution is -2.03. The van der Waals surface area contributed by atoms with Crippen molar-refractivity contribution >= 4 is 16.9 Å². The van der Waals surface area contributed by atoms with Gasteiger partial charge in [-0.05, 0) is 29.8 Å². The molecule has 0 fully saturated rings. The summed E-state index contributed by atoms with van der Waals surface area (Å²) in [7, 11) is 0. The smallest absolute Gasteiger partial charge is 0.193 e. The highest BCUT2D eigenvalue weighted by Crippen LogP contribution is 2.17. The minimum Gasteiger partial charge on any atom is -0.443 e. The molecule has 0 aliphatic carbocycles. The standard InChI is InChI=1S/C15H12N2O2/c16-8-10-2-1-3-11(6-10)15(18)12-4-5-13-14(7-12)19-9-17-13/h1-7,9H,8,16H2. The number of aromatic nitrogens is 1. The Hall–Kier alpha value is -2.46. The van der Waals surface area contributed by atoms with Gasteiger partial charge in [-0.2, -0.15) is 0 Å². The molecule has 0 amide bonds. The van der Waals surface area contributed by atoms with Gasteiger partial charge in [0.05, 0.1) is 0 Å². The van der Waals surface area contributed by atoms with Crippen LogP contribution in [0.3, 0.4) is 0 Å². The first-order chi connectivity index (χ1) is 9.28. The number of fused-ring (bicyclic) bond motifs is 1. The molecular formula is C15H12N2O2. The van der Waals surface area contributed by atoms with E-state index in [1.165, 1.54) is 6.39 Å². The number of benzene rings is 2. The van der Waals surface area contributed by atoms with Crippen molar-refractivity contribution in [2.45, 2.75) is 6.54 Å². The average molecular weight is 252 g/mol. The topological polar surface area (TPSA) is 69.1 Å². The van der Waals surface area contributed by atoms with Gasteiger partial charge in [-0.1, -0.05) is 18.2 Å². The Labute approximate surface area is 109 Å². The lowest BCUT2D eigenvalue weighted by molar-refractivity contribution is 0.103. The van der Waals surface area contributed by atoms with E-state index in [9.17, 15) is 4.79 Å². The van der Waals surface area contributed by atoms with Gasteiger partial charge < -0.3 is 10.2 Å². The molecule has 0 unspecified atom stereocenters. The summed E-state index contributed by atoms with van der Waals surface area (Å²) in [5, 5.41) is 0. The van der Waals surface area contributed by atoms with Crippen LogP contribution < -0.4 is 5.73 Å². The van der Waals surface area contributed by atoms with Gasteiger partial charge in [0, 0.05) is 17.7 Å². The second kappa shape index (κ2) is 4.66. The summed E-state index contributed by atoms with van der Waals surface area (Å²) in [6.45, 7) is 0.419. The highest BCUT2D eigenvalue weighted by atomic mass is 16.3. The van der Waals surface area contributed by atoms with Gasteiger partial charge in [-0.15, -0.1) is 0 Å². The predicted octanol–water partition coefficient (Wildman–Crippen LogP) is 2.52. The molecule has 0 atom stereocenters. The van der Waals surface area contributed by atoms with Crippen LogP contribution in [-0.2, 0) is 6.54 Å². The van der Waals surface area contributed by atoms with E-state index in [4.69, 9.17) is 10.2 Å². The number of rotatable bonds is 3. The van der Waals surface area contributed by atoms with Crippen LogP contribution >= 0.6 is 0 Å². The summed E-state index contributed by atoms with van der Waals surface area (Å²) >= 11 is 0. The van der Waals surface area contributed by atoms with Crippen LogP contribution in [0.15, 0.2) is 53.3 Å². The maximum absolute atomic E-state index is 12.4. The largest absolute Gasteiger partial charge is 0.443 e. The Morgan fingerprint density at radius 2 is 2.00 bits per heavy atom. The molecular weight excluding hydrogens is 240 g/mol. The molecule has 0 aliphatic rings. The van der Waals surface area contributed by atoms with Crippen molar-refractivity contribution < 1.29 is 9.21 Å². The second-order valence-corrected chi connectivity index (χ2v) is 4.27. The van der Waals surface area contributed by atoms with Crippen molar-refractivity contribution in [1.82, 2.24) is 4.98 Å². The molecule has 4 heteroatoms. The number of ketones is 1. The minimum absolute atomic E-state index is 0.0476. The van der Waals surface area contributed by atoms with Crippen LogP contribution in [0.1, 0.15) is 21.5 Å². The maximum atomic E-state index is 12.4. The van der Waals surface area contributed by atoms with Gasteiger partial charge >= 0.3 is 0 Å². The third kappa shape index (κ3) is 2.13. The molecule has 19 heavy (non-hydrogen) atoms. The normalized spacial score (nSPS) is 10.8. The van der Waals surface area contributed by atoms with E-state index in [0.29, 0.717) is 23.3 Å². The first kappa shape index (κ1) is 11.6. The average Bonchev–Trinajstić information content (AvgIpc) is 2.94. The van der Waals surface area contributed by atoms with E-state index in [1.807, 2.05) is 18.2 Å². The van der Waals surface area contributed by atoms with E-state index >= 15 is 0 Å².